The number of nitrogens with one attached hydrogen (secondary N) is 2. The van der Waals surface area contributed by atoms with Crippen LogP contribution in [0.4, 0.5) is 21.7 Å². The summed E-state index contributed by atoms with van der Waals surface area (Å²) in [6, 6.07) is 15.1. The molecule has 3 aromatic rings. The third-order valence-electron chi connectivity index (χ3n) is 3.56. The molecule has 0 atom stereocenters. The second-order valence-electron chi connectivity index (χ2n) is 5.62. The van der Waals surface area contributed by atoms with Crippen LogP contribution < -0.4 is 10.6 Å². The largest absolute Gasteiger partial charge is 0.324 e. The van der Waals surface area contributed by atoms with E-state index in [0.29, 0.717) is 11.4 Å². The molecule has 2 aromatic carbocycles. The van der Waals surface area contributed by atoms with E-state index >= 15 is 0 Å². The Hall–Kier alpha value is -3.28. The number of aryl methyl sites for hydroxylation is 2. The molecule has 0 saturated carbocycles. The molecule has 2 N–H and O–H groups in total. The highest BCUT2D eigenvalue weighted by molar-refractivity contribution is 6.03. The molecule has 126 valence electrons. The Bertz CT molecular complexity index is 927. The van der Waals surface area contributed by atoms with E-state index in [1.54, 1.807) is 25.1 Å². The lowest BCUT2D eigenvalue weighted by Crippen LogP contribution is -2.16. The zero-order valence-electron chi connectivity index (χ0n) is 13.9. The molecular weight excluding hydrogens is 319 g/mol. The Kier molecular flexibility index (Phi) is 4.70. The molecular formula is C19H17FN4O. The summed E-state index contributed by atoms with van der Waals surface area (Å²) in [6.07, 6.45) is 0. The van der Waals surface area contributed by atoms with Crippen molar-refractivity contribution in [3.63, 3.8) is 0 Å². The fourth-order valence-electron chi connectivity index (χ4n) is 2.34. The van der Waals surface area contributed by atoms with Gasteiger partial charge in [-0.25, -0.2) is 14.4 Å². The average molecular weight is 336 g/mol. The van der Waals surface area contributed by atoms with Gasteiger partial charge in [-0.3, -0.25) is 4.79 Å². The lowest BCUT2D eigenvalue weighted by Gasteiger charge is -2.10. The normalized spacial score (nSPS) is 10.4. The topological polar surface area (TPSA) is 66.9 Å². The van der Waals surface area contributed by atoms with E-state index in [-0.39, 0.29) is 23.4 Å². The number of nitrogens with zero attached hydrogens (tertiary/aromatic N) is 2. The Labute approximate surface area is 145 Å². The average Bonchev–Trinajstić information content (AvgIpc) is 2.56. The molecule has 0 fully saturated rings. The molecule has 0 saturated heterocycles. The van der Waals surface area contributed by atoms with Gasteiger partial charge in [-0.05, 0) is 49.7 Å². The van der Waals surface area contributed by atoms with Crippen molar-refractivity contribution in [3.05, 3.63) is 77.4 Å². The number of anilines is 3. The summed E-state index contributed by atoms with van der Waals surface area (Å²) in [6.45, 7) is 3.68. The number of carbonyl (C=O) groups is 1. The predicted molar refractivity (Wildman–Crippen MR) is 95.6 cm³/mol. The van der Waals surface area contributed by atoms with Gasteiger partial charge in [0.05, 0.1) is 0 Å². The summed E-state index contributed by atoms with van der Waals surface area (Å²) < 4.78 is 13.3. The number of amides is 1. The molecule has 0 bridgehead atoms. The van der Waals surface area contributed by atoms with Crippen LogP contribution in [0.2, 0.25) is 0 Å². The van der Waals surface area contributed by atoms with E-state index in [0.717, 1.165) is 11.3 Å². The van der Waals surface area contributed by atoms with Crippen LogP contribution in [0.1, 0.15) is 21.7 Å². The van der Waals surface area contributed by atoms with Crippen molar-refractivity contribution in [1.82, 2.24) is 9.97 Å². The molecule has 1 heterocycles. The highest BCUT2D eigenvalue weighted by Gasteiger charge is 2.12. The highest BCUT2D eigenvalue weighted by Crippen LogP contribution is 2.17. The van der Waals surface area contributed by atoms with E-state index < -0.39 is 0 Å². The van der Waals surface area contributed by atoms with Crippen molar-refractivity contribution < 1.29 is 9.18 Å². The number of benzene rings is 2. The summed E-state index contributed by atoms with van der Waals surface area (Å²) >= 11 is 0. The first-order valence-corrected chi connectivity index (χ1v) is 7.76. The maximum Gasteiger partial charge on any atom is 0.274 e. The summed E-state index contributed by atoms with van der Waals surface area (Å²) in [5, 5.41) is 5.75. The first-order chi connectivity index (χ1) is 12.0. The zero-order chi connectivity index (χ0) is 17.8. The van der Waals surface area contributed by atoms with E-state index in [4.69, 9.17) is 0 Å². The van der Waals surface area contributed by atoms with Crippen molar-refractivity contribution in [3.8, 4) is 0 Å². The van der Waals surface area contributed by atoms with Crippen LogP contribution in [-0.2, 0) is 0 Å². The van der Waals surface area contributed by atoms with Crippen molar-refractivity contribution in [2.45, 2.75) is 13.8 Å². The minimum absolute atomic E-state index is 0.231. The Morgan fingerprint density at radius 3 is 2.56 bits per heavy atom. The number of hydrogen-bond acceptors (Lipinski definition) is 4. The van der Waals surface area contributed by atoms with Gasteiger partial charge in [-0.1, -0.05) is 24.3 Å². The molecule has 3 rings (SSSR count). The van der Waals surface area contributed by atoms with Gasteiger partial charge in [0.25, 0.3) is 5.91 Å². The van der Waals surface area contributed by atoms with Gasteiger partial charge in [-0.15, -0.1) is 0 Å². The molecule has 0 aliphatic rings. The van der Waals surface area contributed by atoms with Gasteiger partial charge in [0, 0.05) is 17.1 Å². The minimum atomic E-state index is -0.366. The molecule has 25 heavy (non-hydrogen) atoms. The maximum atomic E-state index is 13.3. The molecule has 1 aromatic heterocycles. The quantitative estimate of drug-likeness (QED) is 0.748. The Balaban J connectivity index is 1.83. The lowest BCUT2D eigenvalue weighted by atomic mass is 10.2. The summed E-state index contributed by atoms with van der Waals surface area (Å²) in [5.41, 5.74) is 3.05. The first kappa shape index (κ1) is 16.6. The number of para-hydroxylation sites is 1. The summed E-state index contributed by atoms with van der Waals surface area (Å²) in [5.74, 6) is -0.460. The predicted octanol–water partition coefficient (Wildman–Crippen LogP) is 4.23. The Morgan fingerprint density at radius 2 is 1.80 bits per heavy atom. The van der Waals surface area contributed by atoms with Gasteiger partial charge in [0.1, 0.15) is 11.5 Å². The number of hydrogen-bond donors (Lipinski definition) is 2. The molecule has 0 radical (unpaired) electrons. The van der Waals surface area contributed by atoms with Gasteiger partial charge >= 0.3 is 0 Å². The van der Waals surface area contributed by atoms with E-state index in [1.807, 2.05) is 31.2 Å². The standard InChI is InChI=1S/C19H17FN4O/c1-12-6-3-4-9-16(12)23-18(25)17-10-13(2)21-19(24-17)22-15-8-5-7-14(20)11-15/h3-11H,1-2H3,(H,23,25)(H,21,22,24). The third kappa shape index (κ3) is 4.17. The number of rotatable bonds is 4. The fourth-order valence-corrected chi connectivity index (χ4v) is 2.34. The van der Waals surface area contributed by atoms with Gasteiger partial charge in [0.2, 0.25) is 5.95 Å². The molecule has 0 spiro atoms. The summed E-state index contributed by atoms with van der Waals surface area (Å²) in [7, 11) is 0. The fraction of sp³-hybridized carbons (Fsp3) is 0.105. The van der Waals surface area contributed by atoms with Crippen LogP contribution >= 0.6 is 0 Å². The minimum Gasteiger partial charge on any atom is -0.324 e. The monoisotopic (exact) mass is 336 g/mol. The summed E-state index contributed by atoms with van der Waals surface area (Å²) in [4.78, 5) is 21.0. The van der Waals surface area contributed by atoms with Crippen LogP contribution in [0, 0.1) is 19.7 Å². The maximum absolute atomic E-state index is 13.3. The molecule has 0 aliphatic heterocycles. The van der Waals surface area contributed by atoms with E-state index in [9.17, 15) is 9.18 Å². The van der Waals surface area contributed by atoms with Crippen LogP contribution in [-0.4, -0.2) is 15.9 Å². The number of carbonyl (C=O) groups excluding carboxylic acids is 1. The number of halogens is 1. The van der Waals surface area contributed by atoms with Crippen LogP contribution in [0.25, 0.3) is 0 Å². The zero-order valence-corrected chi connectivity index (χ0v) is 13.9. The SMILES string of the molecule is Cc1cc(C(=O)Nc2ccccc2C)nc(Nc2cccc(F)c2)n1. The number of aromatic nitrogens is 2. The molecule has 1 amide bonds. The lowest BCUT2D eigenvalue weighted by molar-refractivity contribution is 0.102. The van der Waals surface area contributed by atoms with Gasteiger partial charge < -0.3 is 10.6 Å². The van der Waals surface area contributed by atoms with Crippen molar-refractivity contribution >= 4 is 23.2 Å². The second kappa shape index (κ2) is 7.09. The van der Waals surface area contributed by atoms with Crippen molar-refractivity contribution in [2.75, 3.05) is 10.6 Å². The van der Waals surface area contributed by atoms with Crippen LogP contribution in [0.3, 0.4) is 0 Å². The first-order valence-electron chi connectivity index (χ1n) is 7.76. The van der Waals surface area contributed by atoms with Crippen LogP contribution in [0.15, 0.2) is 54.6 Å². The van der Waals surface area contributed by atoms with E-state index in [2.05, 4.69) is 20.6 Å². The second-order valence-corrected chi connectivity index (χ2v) is 5.62. The molecule has 0 aliphatic carbocycles. The van der Waals surface area contributed by atoms with Gasteiger partial charge in [0.15, 0.2) is 0 Å². The molecule has 5 nitrogen and oxygen atoms in total. The van der Waals surface area contributed by atoms with Crippen molar-refractivity contribution in [2.24, 2.45) is 0 Å². The highest BCUT2D eigenvalue weighted by atomic mass is 19.1. The van der Waals surface area contributed by atoms with Gasteiger partial charge in [-0.2, -0.15) is 0 Å². The smallest absolute Gasteiger partial charge is 0.274 e. The van der Waals surface area contributed by atoms with Crippen LogP contribution in [0.5, 0.6) is 0 Å². The third-order valence-corrected chi connectivity index (χ3v) is 3.56. The molecule has 6 heteroatoms. The molecule has 0 unspecified atom stereocenters. The van der Waals surface area contributed by atoms with Crippen molar-refractivity contribution in [1.29, 1.82) is 0 Å². The van der Waals surface area contributed by atoms with E-state index in [1.165, 1.54) is 12.1 Å². The Morgan fingerprint density at radius 1 is 1.00 bits per heavy atom.